The van der Waals surface area contributed by atoms with E-state index < -0.39 is 0 Å². The van der Waals surface area contributed by atoms with Crippen LogP contribution < -0.4 is 15.8 Å². The molecule has 0 bridgehead atoms. The first-order chi connectivity index (χ1) is 13.3. The average Bonchev–Trinajstić information content (AvgIpc) is 3.14. The number of ether oxygens (including phenoxy) is 1. The van der Waals surface area contributed by atoms with E-state index in [9.17, 15) is 0 Å². The van der Waals surface area contributed by atoms with Crippen molar-refractivity contribution in [1.29, 1.82) is 0 Å². The van der Waals surface area contributed by atoms with Gasteiger partial charge >= 0.3 is 0 Å². The summed E-state index contributed by atoms with van der Waals surface area (Å²) in [5.41, 5.74) is 8.49. The highest BCUT2D eigenvalue weighted by molar-refractivity contribution is 5.78. The lowest BCUT2D eigenvalue weighted by molar-refractivity contribution is 0.262. The summed E-state index contributed by atoms with van der Waals surface area (Å²) in [4.78, 5) is 8.91. The van der Waals surface area contributed by atoms with Gasteiger partial charge in [-0.25, -0.2) is 9.98 Å². The molecule has 3 N–H and O–H groups in total. The van der Waals surface area contributed by atoms with Crippen LogP contribution in [-0.2, 0) is 13.1 Å². The van der Waals surface area contributed by atoms with Gasteiger partial charge < -0.3 is 20.4 Å². The summed E-state index contributed by atoms with van der Waals surface area (Å²) in [5.74, 6) is 2.22. The molecule has 1 unspecified atom stereocenters. The molecule has 4 rings (SSSR count). The van der Waals surface area contributed by atoms with E-state index in [4.69, 9.17) is 10.5 Å². The van der Waals surface area contributed by atoms with E-state index >= 15 is 0 Å². The Morgan fingerprint density at radius 2 is 2.00 bits per heavy atom. The van der Waals surface area contributed by atoms with Gasteiger partial charge in [0.15, 0.2) is 5.96 Å². The minimum Gasteiger partial charge on any atom is -0.493 e. The van der Waals surface area contributed by atoms with Crippen molar-refractivity contribution in [2.24, 2.45) is 10.7 Å². The van der Waals surface area contributed by atoms with Gasteiger partial charge in [-0.2, -0.15) is 0 Å². The topological polar surface area (TPSA) is 77.5 Å². The fourth-order valence-corrected chi connectivity index (χ4v) is 3.29. The lowest BCUT2D eigenvalue weighted by atomic mass is 10.0. The second-order valence-corrected chi connectivity index (χ2v) is 6.53. The van der Waals surface area contributed by atoms with Crippen LogP contribution in [0.25, 0.3) is 0 Å². The van der Waals surface area contributed by atoms with Crippen LogP contribution in [0.15, 0.2) is 72.0 Å². The van der Waals surface area contributed by atoms with Gasteiger partial charge in [0, 0.05) is 30.9 Å². The summed E-state index contributed by atoms with van der Waals surface area (Å²) in [6, 6.07) is 18.4. The van der Waals surface area contributed by atoms with Gasteiger partial charge in [0.25, 0.3) is 0 Å². The Morgan fingerprint density at radius 3 is 2.89 bits per heavy atom. The van der Waals surface area contributed by atoms with Crippen molar-refractivity contribution in [3.63, 3.8) is 0 Å². The third-order valence-corrected chi connectivity index (χ3v) is 4.67. The van der Waals surface area contributed by atoms with Gasteiger partial charge in [0.1, 0.15) is 18.1 Å². The van der Waals surface area contributed by atoms with Crippen LogP contribution >= 0.6 is 0 Å². The molecule has 0 aliphatic carbocycles. The summed E-state index contributed by atoms with van der Waals surface area (Å²) in [7, 11) is 0. The van der Waals surface area contributed by atoms with Crippen molar-refractivity contribution in [3.8, 4) is 5.75 Å². The van der Waals surface area contributed by atoms with Gasteiger partial charge in [-0.05, 0) is 11.6 Å². The van der Waals surface area contributed by atoms with E-state index in [1.165, 1.54) is 5.56 Å². The number of hydrogen-bond acceptors (Lipinski definition) is 3. The number of aromatic nitrogens is 2. The van der Waals surface area contributed by atoms with E-state index in [1.54, 1.807) is 6.20 Å². The molecule has 3 aromatic rings. The van der Waals surface area contributed by atoms with Gasteiger partial charge in [0.05, 0.1) is 12.6 Å². The molecule has 1 aliphatic rings. The molecule has 0 fully saturated rings. The lowest BCUT2D eigenvalue weighted by Gasteiger charge is -2.26. The van der Waals surface area contributed by atoms with Crippen LogP contribution in [-0.4, -0.2) is 22.1 Å². The highest BCUT2D eigenvalue weighted by Crippen LogP contribution is 2.31. The molecule has 138 valence electrons. The zero-order valence-corrected chi connectivity index (χ0v) is 15.1. The molecule has 6 heteroatoms. The summed E-state index contributed by atoms with van der Waals surface area (Å²) in [6.45, 7) is 1.87. The number of nitrogens with zero attached hydrogens (tertiary/aromatic N) is 3. The number of rotatable bonds is 5. The second-order valence-electron chi connectivity index (χ2n) is 6.53. The summed E-state index contributed by atoms with van der Waals surface area (Å²) >= 11 is 0. The molecule has 0 saturated carbocycles. The van der Waals surface area contributed by atoms with Crippen molar-refractivity contribution in [2.75, 3.05) is 6.61 Å². The number of fused-ring (bicyclic) bond motifs is 1. The third-order valence-electron chi connectivity index (χ3n) is 4.67. The Kier molecular flexibility index (Phi) is 5.05. The monoisotopic (exact) mass is 361 g/mol. The van der Waals surface area contributed by atoms with Crippen LogP contribution in [0.2, 0.25) is 0 Å². The van der Waals surface area contributed by atoms with Crippen LogP contribution in [0.4, 0.5) is 0 Å². The molecule has 0 radical (unpaired) electrons. The van der Waals surface area contributed by atoms with Gasteiger partial charge in [-0.15, -0.1) is 0 Å². The summed E-state index contributed by atoms with van der Waals surface area (Å²) in [5, 5.41) is 3.32. The maximum Gasteiger partial charge on any atom is 0.189 e. The Bertz CT molecular complexity index is 919. The first-order valence-electron chi connectivity index (χ1n) is 9.12. The number of nitrogens with two attached hydrogens (primary N) is 1. The number of hydrogen-bond donors (Lipinski definition) is 2. The highest BCUT2D eigenvalue weighted by atomic mass is 16.5. The van der Waals surface area contributed by atoms with E-state index in [0.29, 0.717) is 19.1 Å². The van der Waals surface area contributed by atoms with E-state index in [2.05, 4.69) is 38.1 Å². The Labute approximate surface area is 158 Å². The van der Waals surface area contributed by atoms with Gasteiger partial charge in [-0.3, -0.25) is 0 Å². The molecule has 27 heavy (non-hydrogen) atoms. The predicted octanol–water partition coefficient (Wildman–Crippen LogP) is 2.86. The van der Waals surface area contributed by atoms with Crippen LogP contribution in [0.1, 0.15) is 29.4 Å². The molecular formula is C21H23N5O. The fraction of sp³-hybridized carbons (Fsp3) is 0.238. The SMILES string of the molecule is NC(=NCc1nccn1Cc1ccccc1)NC1CCOc2ccccc21. The van der Waals surface area contributed by atoms with Crippen LogP contribution in [0, 0.1) is 0 Å². The van der Waals surface area contributed by atoms with Gasteiger partial charge in [-0.1, -0.05) is 48.5 Å². The van der Waals surface area contributed by atoms with Crippen LogP contribution in [0.3, 0.4) is 0 Å². The molecule has 6 nitrogen and oxygen atoms in total. The predicted molar refractivity (Wildman–Crippen MR) is 106 cm³/mol. The number of imidazole rings is 1. The molecular weight excluding hydrogens is 338 g/mol. The van der Waals surface area contributed by atoms with Crippen LogP contribution in [0.5, 0.6) is 5.75 Å². The lowest BCUT2D eigenvalue weighted by Crippen LogP contribution is -2.37. The number of benzene rings is 2. The second kappa shape index (κ2) is 7.95. The molecule has 1 aliphatic heterocycles. The van der Waals surface area contributed by atoms with E-state index in [-0.39, 0.29) is 6.04 Å². The third kappa shape index (κ3) is 4.11. The standard InChI is InChI=1S/C21H23N5O/c22-21(25-18-10-13-27-19-9-5-4-8-17(18)19)24-14-20-23-11-12-26(20)15-16-6-2-1-3-7-16/h1-9,11-12,18H,10,13-15H2,(H3,22,24,25). The zero-order valence-electron chi connectivity index (χ0n) is 15.1. The molecule has 1 aromatic heterocycles. The van der Waals surface area contributed by atoms with Crippen molar-refractivity contribution in [2.45, 2.75) is 25.6 Å². The molecule has 0 spiro atoms. The number of nitrogens with one attached hydrogen (secondary N) is 1. The molecule has 2 aromatic carbocycles. The van der Waals surface area contributed by atoms with Crippen molar-refractivity contribution < 1.29 is 4.74 Å². The summed E-state index contributed by atoms with van der Waals surface area (Å²) < 4.78 is 7.79. The van der Waals surface area contributed by atoms with Crippen molar-refractivity contribution in [1.82, 2.24) is 14.9 Å². The van der Waals surface area contributed by atoms with Crippen molar-refractivity contribution in [3.05, 3.63) is 83.9 Å². The largest absolute Gasteiger partial charge is 0.493 e. The molecule has 1 atom stereocenters. The Hall–Kier alpha value is -3.28. The smallest absolute Gasteiger partial charge is 0.189 e. The summed E-state index contributed by atoms with van der Waals surface area (Å²) in [6.07, 6.45) is 4.62. The van der Waals surface area contributed by atoms with Crippen molar-refractivity contribution >= 4 is 5.96 Å². The van der Waals surface area contributed by atoms with E-state index in [1.807, 2.05) is 42.6 Å². The zero-order chi connectivity index (χ0) is 18.5. The minimum atomic E-state index is 0.114. The normalized spacial score (nSPS) is 16.4. The van der Waals surface area contributed by atoms with Gasteiger partial charge in [0.2, 0.25) is 0 Å². The van der Waals surface area contributed by atoms with E-state index in [0.717, 1.165) is 30.1 Å². The first-order valence-corrected chi connectivity index (χ1v) is 9.12. The molecule has 0 amide bonds. The minimum absolute atomic E-state index is 0.114. The maximum absolute atomic E-state index is 6.14. The number of para-hydroxylation sites is 1. The molecule has 0 saturated heterocycles. The maximum atomic E-state index is 6.14. The quantitative estimate of drug-likeness (QED) is 0.541. The Morgan fingerprint density at radius 1 is 1.19 bits per heavy atom. The average molecular weight is 361 g/mol. The molecule has 2 heterocycles. The first kappa shape index (κ1) is 17.1. The number of aliphatic imine (C=N–C) groups is 1. The highest BCUT2D eigenvalue weighted by Gasteiger charge is 2.21. The number of guanidine groups is 1. The Balaban J connectivity index is 1.41. The fourth-order valence-electron chi connectivity index (χ4n) is 3.29.